The molecule has 1 heterocycles. The van der Waals surface area contributed by atoms with Gasteiger partial charge in [0.05, 0.1) is 5.92 Å². The third-order valence-electron chi connectivity index (χ3n) is 6.10. The molecule has 7 heteroatoms. The molecule has 1 aliphatic heterocycles. The molecule has 6 nitrogen and oxygen atoms in total. The van der Waals surface area contributed by atoms with E-state index in [1.54, 1.807) is 31.3 Å². The molecule has 3 aromatic carbocycles. The molecule has 174 valence electrons. The van der Waals surface area contributed by atoms with E-state index in [1.165, 1.54) is 4.90 Å². The number of carbonyl (C=O) groups excluding carboxylic acids is 3. The average molecular weight is 476 g/mol. The molecule has 0 radical (unpaired) electrons. The Morgan fingerprint density at radius 2 is 1.74 bits per heavy atom. The van der Waals surface area contributed by atoms with Gasteiger partial charge >= 0.3 is 0 Å². The first-order valence-corrected chi connectivity index (χ1v) is 11.5. The van der Waals surface area contributed by atoms with E-state index in [4.69, 9.17) is 11.6 Å². The van der Waals surface area contributed by atoms with Crippen LogP contribution in [0.1, 0.15) is 29.0 Å². The van der Waals surface area contributed by atoms with Crippen molar-refractivity contribution in [2.24, 2.45) is 0 Å². The lowest BCUT2D eigenvalue weighted by atomic mass is 9.95. The lowest BCUT2D eigenvalue weighted by molar-refractivity contribution is -0.128. The molecule has 0 fully saturated rings. The Hall–Kier alpha value is -3.64. The molecule has 3 amide bonds. The number of nitrogens with zero attached hydrogens (tertiary/aromatic N) is 1. The first-order valence-electron chi connectivity index (χ1n) is 11.1. The first kappa shape index (κ1) is 23.5. The van der Waals surface area contributed by atoms with Crippen molar-refractivity contribution in [1.29, 1.82) is 0 Å². The Balaban J connectivity index is 1.53. The summed E-state index contributed by atoms with van der Waals surface area (Å²) in [7, 11) is 1.67. The molecule has 0 bridgehead atoms. The van der Waals surface area contributed by atoms with Crippen LogP contribution < -0.4 is 15.5 Å². The van der Waals surface area contributed by atoms with Gasteiger partial charge in [-0.1, -0.05) is 60.1 Å². The van der Waals surface area contributed by atoms with Gasteiger partial charge in [-0.3, -0.25) is 14.4 Å². The van der Waals surface area contributed by atoms with Crippen LogP contribution in [0, 0.1) is 6.92 Å². The average Bonchev–Trinajstić information content (AvgIpc) is 3.15. The SMILES string of the molecule is Cc1cccc2c1NC(=O)C2CC(=O)N[C@@H](Cc1ccccc1)C(=O)N(C)c1ccc(Cl)cc1. The van der Waals surface area contributed by atoms with E-state index in [-0.39, 0.29) is 24.1 Å². The Morgan fingerprint density at radius 1 is 1.03 bits per heavy atom. The van der Waals surface area contributed by atoms with Crippen molar-refractivity contribution >= 4 is 40.7 Å². The van der Waals surface area contributed by atoms with Crippen LogP contribution in [0.25, 0.3) is 0 Å². The minimum atomic E-state index is -0.794. The molecule has 3 aromatic rings. The number of hydrogen-bond acceptors (Lipinski definition) is 3. The van der Waals surface area contributed by atoms with Gasteiger partial charge in [-0.15, -0.1) is 0 Å². The zero-order chi connectivity index (χ0) is 24.2. The lowest BCUT2D eigenvalue weighted by Crippen LogP contribution is -2.49. The summed E-state index contributed by atoms with van der Waals surface area (Å²) in [5.41, 5.74) is 4.12. The number of nitrogens with one attached hydrogen (secondary N) is 2. The Labute approximate surface area is 203 Å². The molecule has 0 saturated carbocycles. The number of carbonyl (C=O) groups is 3. The predicted molar refractivity (Wildman–Crippen MR) is 134 cm³/mol. The number of fused-ring (bicyclic) bond motifs is 1. The Kier molecular flexibility index (Phi) is 6.98. The van der Waals surface area contributed by atoms with Gasteiger partial charge in [-0.2, -0.15) is 0 Å². The number of anilines is 2. The first-order chi connectivity index (χ1) is 16.3. The predicted octanol–water partition coefficient (Wildman–Crippen LogP) is 4.46. The zero-order valence-electron chi connectivity index (χ0n) is 19.0. The molecule has 1 aliphatic rings. The van der Waals surface area contributed by atoms with Gasteiger partial charge in [0.25, 0.3) is 0 Å². The summed E-state index contributed by atoms with van der Waals surface area (Å²) in [6.07, 6.45) is 0.293. The van der Waals surface area contributed by atoms with E-state index in [0.29, 0.717) is 17.1 Å². The summed E-state index contributed by atoms with van der Waals surface area (Å²) in [5, 5.41) is 6.33. The number of benzene rings is 3. The van der Waals surface area contributed by atoms with Crippen molar-refractivity contribution in [2.45, 2.75) is 31.7 Å². The summed E-state index contributed by atoms with van der Waals surface area (Å²) in [4.78, 5) is 40.6. The van der Waals surface area contributed by atoms with Crippen molar-refractivity contribution < 1.29 is 14.4 Å². The maximum absolute atomic E-state index is 13.4. The third-order valence-corrected chi connectivity index (χ3v) is 6.35. The van der Waals surface area contributed by atoms with Crippen molar-refractivity contribution in [3.63, 3.8) is 0 Å². The maximum Gasteiger partial charge on any atom is 0.249 e. The molecule has 2 N–H and O–H groups in total. The van der Waals surface area contributed by atoms with Crippen LogP contribution in [-0.2, 0) is 20.8 Å². The van der Waals surface area contributed by atoms with Gasteiger partial charge in [0.2, 0.25) is 17.7 Å². The fourth-order valence-corrected chi connectivity index (χ4v) is 4.35. The highest BCUT2D eigenvalue weighted by atomic mass is 35.5. The van der Waals surface area contributed by atoms with E-state index < -0.39 is 12.0 Å². The Bertz CT molecular complexity index is 1210. The molecule has 4 rings (SSSR count). The maximum atomic E-state index is 13.4. The van der Waals surface area contributed by atoms with Crippen LogP contribution in [0.2, 0.25) is 5.02 Å². The minimum absolute atomic E-state index is 0.0362. The van der Waals surface area contributed by atoms with Crippen LogP contribution in [0.4, 0.5) is 11.4 Å². The second-order valence-corrected chi connectivity index (χ2v) is 8.91. The van der Waals surface area contributed by atoms with E-state index in [0.717, 1.165) is 22.4 Å². The van der Waals surface area contributed by atoms with Gasteiger partial charge in [0.1, 0.15) is 6.04 Å². The highest BCUT2D eigenvalue weighted by Gasteiger charge is 2.34. The fraction of sp³-hybridized carbons (Fsp3) is 0.222. The van der Waals surface area contributed by atoms with Crippen LogP contribution in [-0.4, -0.2) is 30.8 Å². The molecule has 34 heavy (non-hydrogen) atoms. The van der Waals surface area contributed by atoms with E-state index in [1.807, 2.05) is 55.5 Å². The topological polar surface area (TPSA) is 78.5 Å². The minimum Gasteiger partial charge on any atom is -0.344 e. The normalized spacial score (nSPS) is 15.3. The number of likely N-dealkylation sites (N-methyl/N-ethyl adjacent to an activating group) is 1. The van der Waals surface area contributed by atoms with Crippen LogP contribution >= 0.6 is 11.6 Å². The number of aryl methyl sites for hydroxylation is 1. The van der Waals surface area contributed by atoms with Gasteiger partial charge in [-0.25, -0.2) is 0 Å². The molecule has 0 aromatic heterocycles. The lowest BCUT2D eigenvalue weighted by Gasteiger charge is -2.25. The van der Waals surface area contributed by atoms with Crippen molar-refractivity contribution in [1.82, 2.24) is 5.32 Å². The van der Waals surface area contributed by atoms with Gasteiger partial charge < -0.3 is 15.5 Å². The van der Waals surface area contributed by atoms with E-state index in [2.05, 4.69) is 10.6 Å². The molecule has 0 spiro atoms. The third kappa shape index (κ3) is 5.13. The smallest absolute Gasteiger partial charge is 0.249 e. The molecular formula is C27H26ClN3O3. The monoisotopic (exact) mass is 475 g/mol. The summed E-state index contributed by atoms with van der Waals surface area (Å²) in [5.74, 6) is -1.40. The highest BCUT2D eigenvalue weighted by Crippen LogP contribution is 2.36. The molecular weight excluding hydrogens is 450 g/mol. The zero-order valence-corrected chi connectivity index (χ0v) is 19.8. The van der Waals surface area contributed by atoms with Gasteiger partial charge in [0, 0.05) is 36.3 Å². The van der Waals surface area contributed by atoms with Crippen LogP contribution in [0.5, 0.6) is 0 Å². The second-order valence-electron chi connectivity index (χ2n) is 8.47. The van der Waals surface area contributed by atoms with Crippen LogP contribution in [0.15, 0.2) is 72.8 Å². The van der Waals surface area contributed by atoms with Gasteiger partial charge in [0.15, 0.2) is 0 Å². The quantitative estimate of drug-likeness (QED) is 0.529. The summed E-state index contributed by atoms with van der Waals surface area (Å²) in [6.45, 7) is 1.92. The molecule has 0 saturated heterocycles. The largest absolute Gasteiger partial charge is 0.344 e. The number of amides is 3. The molecule has 1 unspecified atom stereocenters. The molecule has 0 aliphatic carbocycles. The fourth-order valence-electron chi connectivity index (χ4n) is 4.22. The Morgan fingerprint density at radius 3 is 2.44 bits per heavy atom. The van der Waals surface area contributed by atoms with E-state index >= 15 is 0 Å². The van der Waals surface area contributed by atoms with Crippen molar-refractivity contribution in [3.05, 3.63) is 94.5 Å². The number of hydrogen-bond donors (Lipinski definition) is 2. The number of para-hydroxylation sites is 1. The molecule has 2 atom stereocenters. The van der Waals surface area contributed by atoms with Gasteiger partial charge in [-0.05, 0) is 47.9 Å². The van der Waals surface area contributed by atoms with E-state index in [9.17, 15) is 14.4 Å². The van der Waals surface area contributed by atoms with Crippen molar-refractivity contribution in [3.8, 4) is 0 Å². The summed E-state index contributed by atoms with van der Waals surface area (Å²) >= 11 is 5.98. The second kappa shape index (κ2) is 10.1. The highest BCUT2D eigenvalue weighted by molar-refractivity contribution is 6.30. The summed E-state index contributed by atoms with van der Waals surface area (Å²) < 4.78 is 0. The summed E-state index contributed by atoms with van der Waals surface area (Å²) in [6, 6.07) is 21.3. The van der Waals surface area contributed by atoms with Crippen LogP contribution in [0.3, 0.4) is 0 Å². The van der Waals surface area contributed by atoms with Crippen molar-refractivity contribution in [2.75, 3.05) is 17.3 Å². The number of halogens is 1. The number of rotatable bonds is 7. The standard InChI is InChI=1S/C27H26ClN3O3/c1-17-7-6-10-21-22(26(33)30-25(17)21)16-24(32)29-23(15-18-8-4-3-5-9-18)27(34)31(2)20-13-11-19(28)12-14-20/h3-14,22-23H,15-16H2,1-2H3,(H,29,32)(H,30,33)/t22?,23-/m0/s1.